The molecule has 4 aliphatic rings. The summed E-state index contributed by atoms with van der Waals surface area (Å²) in [7, 11) is 0.950. The number of aliphatic hydroxyl groups excluding tert-OH is 11. The minimum absolute atomic E-state index is 0.0981. The van der Waals surface area contributed by atoms with Crippen LogP contribution in [0, 0.1) is 5.82 Å². The van der Waals surface area contributed by atoms with E-state index in [9.17, 15) is 109 Å². The van der Waals surface area contributed by atoms with Crippen LogP contribution < -0.4 is 26.6 Å². The topological polar surface area (TPSA) is 543 Å². The van der Waals surface area contributed by atoms with E-state index in [4.69, 9.17) is 42.6 Å². The van der Waals surface area contributed by atoms with Crippen molar-refractivity contribution in [3.8, 4) is 0 Å². The summed E-state index contributed by atoms with van der Waals surface area (Å²) in [6.07, 6.45) is -41.5. The van der Waals surface area contributed by atoms with Gasteiger partial charge in [-0.05, 0) is 31.2 Å². The Morgan fingerprint density at radius 1 is 0.674 bits per heavy atom. The van der Waals surface area contributed by atoms with Gasteiger partial charge in [-0.1, -0.05) is 0 Å². The lowest BCUT2D eigenvalue weighted by atomic mass is 9.88. The molecule has 0 bridgehead atoms. The fourth-order valence-electron chi connectivity index (χ4n) is 10.1. The molecule has 1 aromatic rings. The van der Waals surface area contributed by atoms with Gasteiger partial charge in [-0.25, -0.2) is 18.8 Å². The molecule has 4 heterocycles. The molecule has 5 amide bonds. The Bertz CT molecular complexity index is 2530. The minimum atomic E-state index is -3.34. The SMILES string of the molecule is COC(=O)[C@@H](NC(C)=O)[C@@H](C)O[C@H]1O[C@H](CO[C@]2(C(=O)O)C[C@H](O)[C@@H](NC(C)=O)[C@H]([C@H](O)[C@H](O)CO)O2)[C@H](O)[C@H](O[C@@H]2O[C@H](CO)[C@H](O)[C@H](O[C@]3(C(=O)O)C[C@H](O)[C@@H](NC(C)=O)[C@H]([C@H](O)[C@H](O)CNC(=O)c4ccc(F)cc4)O3)[C@H]2O)[C@H]1NC(C)=O. The van der Waals surface area contributed by atoms with Gasteiger partial charge in [0.2, 0.25) is 23.6 Å². The van der Waals surface area contributed by atoms with Gasteiger partial charge >= 0.3 is 17.9 Å². The van der Waals surface area contributed by atoms with Gasteiger partial charge in [-0.15, -0.1) is 0 Å². The van der Waals surface area contributed by atoms with Crippen LogP contribution in [0.3, 0.4) is 0 Å². The molecule has 486 valence electrons. The van der Waals surface area contributed by atoms with Crippen molar-refractivity contribution in [1.29, 1.82) is 0 Å². The van der Waals surface area contributed by atoms with Crippen LogP contribution in [0.15, 0.2) is 24.3 Å². The van der Waals surface area contributed by atoms with Crippen LogP contribution in [0.2, 0.25) is 0 Å². The summed E-state index contributed by atoms with van der Waals surface area (Å²) >= 11 is 0. The summed E-state index contributed by atoms with van der Waals surface area (Å²) in [5, 5.41) is 156. The van der Waals surface area contributed by atoms with Crippen molar-refractivity contribution in [2.24, 2.45) is 0 Å². The van der Waals surface area contributed by atoms with Gasteiger partial charge in [-0.2, -0.15) is 0 Å². The molecule has 0 spiro atoms. The molecule has 4 aliphatic heterocycles. The molecule has 0 saturated carbocycles. The summed E-state index contributed by atoms with van der Waals surface area (Å²) in [5.74, 6) is -16.8. The van der Waals surface area contributed by atoms with Gasteiger partial charge in [0.15, 0.2) is 18.6 Å². The number of hydrogen-bond donors (Lipinski definition) is 18. The van der Waals surface area contributed by atoms with Crippen LogP contribution in [-0.2, 0) is 76.2 Å². The Morgan fingerprint density at radius 3 is 1.67 bits per heavy atom. The standard InChI is InChI=1S/C50H74FN5O30/c1-17(30(44(73)78-6)53-18(2)59)80-45-33(56-21(5)62)39(37(70)29(82-45)16-79-49(47(74)75)11-24(63)31(54-19(3)60)41(84-49)35(68)27(66)14-57)83-46-38(71)42(36(69)28(15-58)81-46)86-50(48(76)77)12-25(64)32(55-20(4)61)40(85-50)34(67)26(65)13-52-43(72)22-7-9-23(51)10-8-22/h7-10,17,24-42,45-46,57-58,63-71H,11-16H2,1-6H3,(H,52,72)(H,53,59)(H,54,60)(H,55,61)(H,56,62)(H,74,75)(H,76,77)/t17-,24+,25+,26-,27-,28-,29-,30+,31-,32-,33-,34-,35-,36+,37+,38-,39-,40-,41-,42+,45+,46+,49-,50+/m1/s1. The Labute approximate surface area is 487 Å². The van der Waals surface area contributed by atoms with E-state index < -0.39 is 238 Å². The number of carboxylic acids is 2. The number of amides is 5. The third-order valence-electron chi connectivity index (χ3n) is 14.4. The first-order valence-corrected chi connectivity index (χ1v) is 26.6. The fraction of sp³-hybridized carbons (Fsp3) is 0.720. The smallest absolute Gasteiger partial charge is 0.364 e. The van der Waals surface area contributed by atoms with Crippen molar-refractivity contribution >= 4 is 47.4 Å². The molecule has 4 saturated heterocycles. The second kappa shape index (κ2) is 30.4. The first kappa shape index (κ1) is 70.9. The van der Waals surface area contributed by atoms with Crippen LogP contribution in [0.1, 0.15) is 57.8 Å². The van der Waals surface area contributed by atoms with E-state index in [0.29, 0.717) is 0 Å². The number of carbonyl (C=O) groups is 8. The number of carboxylic acid groups (broad SMARTS) is 2. The molecule has 18 N–H and O–H groups in total. The molecule has 35 nitrogen and oxygen atoms in total. The molecule has 86 heavy (non-hydrogen) atoms. The average molecular weight is 1240 g/mol. The largest absolute Gasteiger partial charge is 0.477 e. The van der Waals surface area contributed by atoms with Crippen molar-refractivity contribution in [2.45, 2.75) is 193 Å². The van der Waals surface area contributed by atoms with E-state index in [1.54, 1.807) is 0 Å². The monoisotopic (exact) mass is 1240 g/mol. The number of carbonyl (C=O) groups excluding carboxylic acids is 6. The molecule has 0 radical (unpaired) electrons. The number of methoxy groups -OCH3 is 1. The number of aliphatic hydroxyl groups is 11. The molecule has 24 atom stereocenters. The van der Waals surface area contributed by atoms with E-state index in [1.165, 1.54) is 6.92 Å². The number of ether oxygens (including phenoxy) is 9. The molecule has 5 rings (SSSR count). The van der Waals surface area contributed by atoms with Crippen molar-refractivity contribution in [3.63, 3.8) is 0 Å². The Hall–Kier alpha value is -5.85. The van der Waals surface area contributed by atoms with Crippen molar-refractivity contribution in [3.05, 3.63) is 35.6 Å². The normalized spacial score (nSPS) is 35.0. The van der Waals surface area contributed by atoms with Crippen molar-refractivity contribution in [2.75, 3.05) is 33.5 Å². The zero-order chi connectivity index (χ0) is 64.4. The first-order chi connectivity index (χ1) is 40.2. The maximum atomic E-state index is 13.5. The highest BCUT2D eigenvalue weighted by atomic mass is 19.1. The van der Waals surface area contributed by atoms with E-state index in [2.05, 4.69) is 26.6 Å². The van der Waals surface area contributed by atoms with Crippen molar-refractivity contribution < 1.29 is 152 Å². The fourth-order valence-corrected chi connectivity index (χ4v) is 10.1. The molecule has 0 unspecified atom stereocenters. The van der Waals surface area contributed by atoms with Crippen LogP contribution >= 0.6 is 0 Å². The van der Waals surface area contributed by atoms with E-state index in [1.807, 2.05) is 0 Å². The first-order valence-electron chi connectivity index (χ1n) is 26.6. The Balaban J connectivity index is 1.54. The maximum Gasteiger partial charge on any atom is 0.364 e. The number of esters is 1. The second-order valence-electron chi connectivity index (χ2n) is 20.8. The quantitative estimate of drug-likeness (QED) is 0.0383. The zero-order valence-electron chi connectivity index (χ0n) is 46.9. The van der Waals surface area contributed by atoms with Crippen molar-refractivity contribution in [1.82, 2.24) is 26.6 Å². The number of rotatable bonds is 26. The maximum absolute atomic E-state index is 13.5. The van der Waals surface area contributed by atoms with Gasteiger partial charge < -0.3 is 136 Å². The number of hydrogen-bond acceptors (Lipinski definition) is 28. The van der Waals surface area contributed by atoms with Gasteiger partial charge in [0, 0.05) is 52.6 Å². The van der Waals surface area contributed by atoms with E-state index >= 15 is 0 Å². The lowest BCUT2D eigenvalue weighted by molar-refractivity contribution is -0.383. The predicted octanol–water partition coefficient (Wildman–Crippen LogP) is -9.24. The molecule has 4 fully saturated rings. The van der Waals surface area contributed by atoms with Crippen LogP contribution in [0.4, 0.5) is 4.39 Å². The summed E-state index contributed by atoms with van der Waals surface area (Å²) in [6, 6.07) is -2.96. The van der Waals surface area contributed by atoms with Gasteiger partial charge in [0.1, 0.15) is 85.1 Å². The van der Waals surface area contributed by atoms with Gasteiger partial charge in [-0.3, -0.25) is 24.0 Å². The van der Waals surface area contributed by atoms with Crippen LogP contribution in [0.5, 0.6) is 0 Å². The minimum Gasteiger partial charge on any atom is -0.477 e. The third kappa shape index (κ3) is 16.9. The molecular weight excluding hydrogens is 1170 g/mol. The third-order valence-corrected chi connectivity index (χ3v) is 14.4. The van der Waals surface area contributed by atoms with Gasteiger partial charge in [0.25, 0.3) is 17.5 Å². The number of halogens is 1. The zero-order valence-corrected chi connectivity index (χ0v) is 46.9. The lowest BCUT2D eigenvalue weighted by Crippen LogP contribution is -2.71. The molecule has 36 heteroatoms. The summed E-state index contributed by atoms with van der Waals surface area (Å²) in [5.41, 5.74) is -0.0981. The molecule has 0 aromatic heterocycles. The molecule has 0 aliphatic carbocycles. The summed E-state index contributed by atoms with van der Waals surface area (Å²) in [6.45, 7) is 0.655. The predicted molar refractivity (Wildman–Crippen MR) is 273 cm³/mol. The highest BCUT2D eigenvalue weighted by Crippen LogP contribution is 2.40. The lowest BCUT2D eigenvalue weighted by Gasteiger charge is -2.51. The number of nitrogens with one attached hydrogen (secondary N) is 5. The molecule has 1 aromatic carbocycles. The second-order valence-corrected chi connectivity index (χ2v) is 20.8. The van der Waals surface area contributed by atoms with Gasteiger partial charge in [0.05, 0.1) is 63.4 Å². The molecular formula is C50H74FN5O30. The van der Waals surface area contributed by atoms with E-state index in [0.717, 1.165) is 59.1 Å². The van der Waals surface area contributed by atoms with E-state index in [-0.39, 0.29) is 5.56 Å². The Kier molecular flexibility index (Phi) is 25.0. The highest BCUT2D eigenvalue weighted by molar-refractivity contribution is 5.94. The number of benzene rings is 1. The summed E-state index contributed by atoms with van der Waals surface area (Å²) < 4.78 is 65.3. The highest BCUT2D eigenvalue weighted by Gasteiger charge is 2.62. The average Bonchev–Trinajstić information content (AvgIpc) is 0.867. The Morgan fingerprint density at radius 2 is 1.17 bits per heavy atom. The summed E-state index contributed by atoms with van der Waals surface area (Å²) in [4.78, 5) is 102. The van der Waals surface area contributed by atoms with Crippen LogP contribution in [-0.4, -0.2) is 293 Å². The number of aliphatic carboxylic acids is 2. The van der Waals surface area contributed by atoms with Crippen LogP contribution in [0.25, 0.3) is 0 Å².